The van der Waals surface area contributed by atoms with Crippen LogP contribution in [0.15, 0.2) is 51.6 Å². The van der Waals surface area contributed by atoms with Crippen molar-refractivity contribution in [3.8, 4) is 11.5 Å². The Bertz CT molecular complexity index is 1340. The molecule has 5 rings (SSSR count). The predicted molar refractivity (Wildman–Crippen MR) is 128 cm³/mol. The smallest absolute Gasteiger partial charge is 0.423 e. The van der Waals surface area contributed by atoms with Crippen LogP contribution in [0.5, 0.6) is 11.5 Å². The van der Waals surface area contributed by atoms with Crippen LogP contribution in [0, 0.1) is 17.8 Å². The van der Waals surface area contributed by atoms with Crippen LogP contribution in [-0.2, 0) is 23.9 Å². The summed E-state index contributed by atoms with van der Waals surface area (Å²) in [5, 5.41) is 11.1. The van der Waals surface area contributed by atoms with Crippen molar-refractivity contribution in [1.29, 1.82) is 0 Å². The highest BCUT2D eigenvalue weighted by Crippen LogP contribution is 2.56. The molecule has 4 atom stereocenters. The molecule has 1 aromatic rings. The van der Waals surface area contributed by atoms with Gasteiger partial charge in [0.05, 0.1) is 30.0 Å². The zero-order valence-corrected chi connectivity index (χ0v) is 21.0. The molecule has 0 aromatic heterocycles. The first-order chi connectivity index (χ1) is 17.2. The number of carbonyl (C=O) groups excluding carboxylic acids is 5. The Morgan fingerprint density at radius 3 is 2.61 bits per heavy atom. The molecule has 9 nitrogen and oxygen atoms in total. The lowest BCUT2D eigenvalue weighted by Crippen LogP contribution is -2.40. The molecule has 0 saturated carbocycles. The molecule has 1 heterocycles. The number of ether oxygens (including phenoxy) is 2. The molecular formula is C26H22BrNO8. The molecule has 1 fully saturated rings. The molecule has 1 aliphatic heterocycles. The topological polar surface area (TPSA) is 127 Å². The number of hydrogen-bond acceptors (Lipinski definition) is 8. The van der Waals surface area contributed by atoms with Crippen LogP contribution >= 0.6 is 15.9 Å². The van der Waals surface area contributed by atoms with Crippen molar-refractivity contribution in [2.24, 2.45) is 17.8 Å². The highest BCUT2D eigenvalue weighted by Gasteiger charge is 2.58. The average molecular weight is 556 g/mol. The first-order valence-corrected chi connectivity index (χ1v) is 12.3. The van der Waals surface area contributed by atoms with Crippen LogP contribution < -0.4 is 4.74 Å². The molecule has 4 aliphatic rings. The summed E-state index contributed by atoms with van der Waals surface area (Å²) in [7, 11) is 1.09. The number of ketones is 2. The Kier molecular flexibility index (Phi) is 5.94. The second-order valence-electron chi connectivity index (χ2n) is 9.00. The number of likely N-dealkylation sites (tertiary alicyclic amines) is 1. The molecule has 1 saturated heterocycles. The lowest BCUT2D eigenvalue weighted by Gasteiger charge is -2.42. The second kappa shape index (κ2) is 8.85. The minimum atomic E-state index is -1.05. The van der Waals surface area contributed by atoms with E-state index in [1.807, 2.05) is 0 Å². The van der Waals surface area contributed by atoms with Gasteiger partial charge in [-0.25, -0.2) is 4.79 Å². The van der Waals surface area contributed by atoms with E-state index in [0.717, 1.165) is 7.11 Å². The number of carbonyl (C=O) groups is 5. The summed E-state index contributed by atoms with van der Waals surface area (Å²) >= 11 is 3.16. The van der Waals surface area contributed by atoms with Crippen molar-refractivity contribution >= 4 is 45.4 Å². The third-order valence-electron chi connectivity index (χ3n) is 7.33. The fourth-order valence-electron chi connectivity index (χ4n) is 5.88. The molecule has 3 aliphatic carbocycles. The lowest BCUT2D eigenvalue weighted by atomic mass is 9.59. The zero-order chi connectivity index (χ0) is 25.9. The number of allylic oxidation sites excluding steroid dienone is 6. The molecule has 3 amide bonds. The van der Waals surface area contributed by atoms with Crippen LogP contribution in [0.25, 0.3) is 0 Å². The SMILES string of the molecule is CCOc1cccc([C@H]2C3=CC[C@@H]4C(=O)N(C(=O)OC)C(=O)[C@@H]4[C@@H]3CC3=C2C(=O)C=C(Br)C3=O)c1O. The Balaban J connectivity index is 1.70. The molecule has 0 bridgehead atoms. The summed E-state index contributed by atoms with van der Waals surface area (Å²) in [5.41, 5.74) is 1.46. The van der Waals surface area contributed by atoms with E-state index < -0.39 is 47.4 Å². The van der Waals surface area contributed by atoms with E-state index in [0.29, 0.717) is 22.6 Å². The summed E-state index contributed by atoms with van der Waals surface area (Å²) < 4.78 is 10.3. The number of methoxy groups -OCH3 is 1. The van der Waals surface area contributed by atoms with Crippen molar-refractivity contribution in [2.75, 3.05) is 13.7 Å². The number of para-hydroxylation sites is 1. The molecule has 36 heavy (non-hydrogen) atoms. The highest BCUT2D eigenvalue weighted by molar-refractivity contribution is 9.12. The maximum Gasteiger partial charge on any atom is 0.423 e. The molecule has 1 aromatic carbocycles. The van der Waals surface area contributed by atoms with Crippen LogP contribution in [0.4, 0.5) is 4.79 Å². The maximum absolute atomic E-state index is 13.3. The van der Waals surface area contributed by atoms with Crippen LogP contribution in [0.1, 0.15) is 31.2 Å². The molecule has 1 N–H and O–H groups in total. The number of imide groups is 3. The minimum absolute atomic E-state index is 0.0479. The van der Waals surface area contributed by atoms with E-state index in [9.17, 15) is 29.1 Å². The Morgan fingerprint density at radius 1 is 1.17 bits per heavy atom. The number of rotatable bonds is 3. The number of benzene rings is 1. The van der Waals surface area contributed by atoms with E-state index in [-0.39, 0.29) is 45.8 Å². The van der Waals surface area contributed by atoms with Gasteiger partial charge in [-0.3, -0.25) is 19.2 Å². The van der Waals surface area contributed by atoms with Crippen LogP contribution in [0.3, 0.4) is 0 Å². The largest absolute Gasteiger partial charge is 0.504 e. The van der Waals surface area contributed by atoms with Crippen molar-refractivity contribution in [3.05, 3.63) is 57.1 Å². The van der Waals surface area contributed by atoms with Gasteiger partial charge in [-0.05, 0) is 47.7 Å². The number of phenols is 1. The number of nitrogens with zero attached hydrogens (tertiary/aromatic N) is 1. The van der Waals surface area contributed by atoms with Crippen molar-refractivity contribution in [3.63, 3.8) is 0 Å². The Hall–Kier alpha value is -3.53. The third kappa shape index (κ3) is 3.38. The van der Waals surface area contributed by atoms with Crippen LogP contribution in [-0.4, -0.2) is 53.2 Å². The molecule has 0 spiro atoms. The standard InChI is InChI=1S/C26H22BrNO8/c1-3-36-18-6-4-5-12(23(18)31)19-11-7-8-13-20(25(33)28(24(13)32)26(34)35-2)14(11)9-15-21(19)17(29)10-16(27)22(15)30/h4-7,10,13-14,19-20,31H,3,8-9H2,1-2H3/t13-,14+,19+,20-/m0/s1. The molecular weight excluding hydrogens is 534 g/mol. The van der Waals surface area contributed by atoms with Gasteiger partial charge in [-0.15, -0.1) is 0 Å². The summed E-state index contributed by atoms with van der Waals surface area (Å²) in [6, 6.07) is 4.93. The number of Topliss-reactive ketones (excluding diaryl/α,β-unsaturated/α-hetero) is 1. The van der Waals surface area contributed by atoms with Gasteiger partial charge in [0.1, 0.15) is 0 Å². The predicted octanol–water partition coefficient (Wildman–Crippen LogP) is 3.32. The van der Waals surface area contributed by atoms with Gasteiger partial charge in [0, 0.05) is 28.7 Å². The number of hydrogen-bond donors (Lipinski definition) is 1. The van der Waals surface area contributed by atoms with Gasteiger partial charge in [-0.1, -0.05) is 23.8 Å². The Morgan fingerprint density at radius 2 is 1.92 bits per heavy atom. The third-order valence-corrected chi connectivity index (χ3v) is 7.92. The number of amides is 3. The number of phenolic OH excluding ortho intramolecular Hbond substituents is 1. The van der Waals surface area contributed by atoms with E-state index in [2.05, 4.69) is 20.7 Å². The van der Waals surface area contributed by atoms with E-state index in [1.165, 1.54) is 6.08 Å². The average Bonchev–Trinajstić information content (AvgIpc) is 3.12. The van der Waals surface area contributed by atoms with Gasteiger partial charge in [0.2, 0.25) is 11.8 Å². The number of aromatic hydroxyl groups is 1. The first-order valence-electron chi connectivity index (χ1n) is 11.5. The van der Waals surface area contributed by atoms with Gasteiger partial charge in [-0.2, -0.15) is 4.90 Å². The summed E-state index contributed by atoms with van der Waals surface area (Å²) in [4.78, 5) is 65.5. The van der Waals surface area contributed by atoms with Gasteiger partial charge >= 0.3 is 6.09 Å². The molecule has 0 radical (unpaired) electrons. The van der Waals surface area contributed by atoms with Crippen molar-refractivity contribution in [1.82, 2.24) is 4.90 Å². The van der Waals surface area contributed by atoms with Crippen molar-refractivity contribution < 1.29 is 38.6 Å². The zero-order valence-electron chi connectivity index (χ0n) is 19.4. The molecule has 0 unspecified atom stereocenters. The minimum Gasteiger partial charge on any atom is -0.504 e. The lowest BCUT2D eigenvalue weighted by molar-refractivity contribution is -0.137. The fourth-order valence-corrected chi connectivity index (χ4v) is 6.32. The van der Waals surface area contributed by atoms with E-state index in [4.69, 9.17) is 4.74 Å². The van der Waals surface area contributed by atoms with E-state index in [1.54, 1.807) is 31.2 Å². The summed E-state index contributed by atoms with van der Waals surface area (Å²) in [6.07, 6.45) is 2.18. The van der Waals surface area contributed by atoms with Gasteiger partial charge in [0.15, 0.2) is 23.1 Å². The fraction of sp³-hybridized carbons (Fsp3) is 0.346. The normalized spacial score (nSPS) is 27.2. The quantitative estimate of drug-likeness (QED) is 0.342. The summed E-state index contributed by atoms with van der Waals surface area (Å²) in [6.45, 7) is 2.08. The monoisotopic (exact) mass is 555 g/mol. The molecule has 186 valence electrons. The number of halogens is 1. The summed E-state index contributed by atoms with van der Waals surface area (Å²) in [5.74, 6) is -5.20. The van der Waals surface area contributed by atoms with Crippen molar-refractivity contribution in [2.45, 2.75) is 25.7 Å². The van der Waals surface area contributed by atoms with E-state index >= 15 is 0 Å². The Labute approximate surface area is 214 Å². The number of fused-ring (bicyclic) bond motifs is 3. The highest BCUT2D eigenvalue weighted by atomic mass is 79.9. The second-order valence-corrected chi connectivity index (χ2v) is 9.86. The van der Waals surface area contributed by atoms with Gasteiger partial charge in [0.25, 0.3) is 0 Å². The maximum atomic E-state index is 13.3. The van der Waals surface area contributed by atoms with Crippen LogP contribution in [0.2, 0.25) is 0 Å². The molecule has 10 heteroatoms. The first kappa shape index (κ1) is 24.2. The van der Waals surface area contributed by atoms with Gasteiger partial charge < -0.3 is 14.6 Å².